The first-order chi connectivity index (χ1) is 21.9. The molecular formula is C34H42F3N3O4S2. The minimum absolute atomic E-state index is 0.0281. The van der Waals surface area contributed by atoms with Gasteiger partial charge >= 0.3 is 12.1 Å². The van der Waals surface area contributed by atoms with E-state index in [1.54, 1.807) is 0 Å². The van der Waals surface area contributed by atoms with Gasteiger partial charge in [0.15, 0.2) is 0 Å². The summed E-state index contributed by atoms with van der Waals surface area (Å²) in [5, 5.41) is 17.5. The van der Waals surface area contributed by atoms with Crippen LogP contribution in [-0.2, 0) is 32.9 Å². The highest BCUT2D eigenvalue weighted by Crippen LogP contribution is 2.29. The molecule has 12 heteroatoms. The number of aliphatic carboxylic acids is 1. The average molecular weight is 678 g/mol. The van der Waals surface area contributed by atoms with Crippen LogP contribution >= 0.6 is 23.5 Å². The first-order valence-electron chi connectivity index (χ1n) is 15.1. The summed E-state index contributed by atoms with van der Waals surface area (Å²) in [5.74, 6) is -0.297. The van der Waals surface area contributed by atoms with Gasteiger partial charge in [-0.15, -0.1) is 11.8 Å². The summed E-state index contributed by atoms with van der Waals surface area (Å²) in [5.41, 5.74) is 1.07. The van der Waals surface area contributed by atoms with Crippen molar-refractivity contribution >= 4 is 52.1 Å². The van der Waals surface area contributed by atoms with E-state index in [0.717, 1.165) is 28.5 Å². The topological polar surface area (TPSA) is 98.7 Å². The molecule has 0 radical (unpaired) electrons. The van der Waals surface area contributed by atoms with Crippen molar-refractivity contribution < 1.29 is 32.7 Å². The molecular weight excluding hydrogens is 636 g/mol. The van der Waals surface area contributed by atoms with Gasteiger partial charge in [0, 0.05) is 18.3 Å². The summed E-state index contributed by atoms with van der Waals surface area (Å²) < 4.78 is 38.4. The normalized spacial score (nSPS) is 13.7. The molecule has 0 fully saturated rings. The van der Waals surface area contributed by atoms with E-state index in [1.807, 2.05) is 67.5 Å². The maximum absolute atomic E-state index is 13.0. The molecule has 3 aromatic carbocycles. The van der Waals surface area contributed by atoms with Crippen LogP contribution in [-0.4, -0.2) is 70.7 Å². The molecule has 7 nitrogen and oxygen atoms in total. The number of nitrogens with zero attached hydrogens (tertiary/aromatic N) is 1. The highest BCUT2D eigenvalue weighted by Gasteiger charge is 2.30. The minimum atomic E-state index is -4.38. The Kier molecular flexibility index (Phi) is 14.7. The van der Waals surface area contributed by atoms with Gasteiger partial charge < -0.3 is 15.7 Å². The van der Waals surface area contributed by atoms with Crippen molar-refractivity contribution in [2.24, 2.45) is 5.92 Å². The van der Waals surface area contributed by atoms with E-state index in [0.29, 0.717) is 43.0 Å². The van der Waals surface area contributed by atoms with Gasteiger partial charge in [0.05, 0.1) is 17.9 Å². The van der Waals surface area contributed by atoms with Crippen LogP contribution in [0.4, 0.5) is 13.2 Å². The number of carboxylic acid groups (broad SMARTS) is 1. The molecule has 0 bridgehead atoms. The van der Waals surface area contributed by atoms with E-state index in [1.165, 1.54) is 35.7 Å². The lowest BCUT2D eigenvalue weighted by Gasteiger charge is -2.27. The van der Waals surface area contributed by atoms with Gasteiger partial charge in [-0.3, -0.25) is 14.5 Å². The number of hydrogen-bond donors (Lipinski definition) is 3. The number of carboxylic acids is 1. The lowest BCUT2D eigenvalue weighted by molar-refractivity contribution is -0.142. The molecule has 0 saturated heterocycles. The van der Waals surface area contributed by atoms with E-state index in [4.69, 9.17) is 0 Å². The molecule has 0 unspecified atom stereocenters. The molecule has 0 aliphatic heterocycles. The number of rotatable bonds is 18. The molecule has 0 spiro atoms. The third kappa shape index (κ3) is 12.2. The molecule has 0 aliphatic carbocycles. The third-order valence-electron chi connectivity index (χ3n) is 7.81. The molecule has 3 N–H and O–H groups in total. The first kappa shape index (κ1) is 37.2. The van der Waals surface area contributed by atoms with E-state index >= 15 is 0 Å². The lowest BCUT2D eigenvalue weighted by atomic mass is 9.99. The van der Waals surface area contributed by atoms with Crippen molar-refractivity contribution in [1.82, 2.24) is 15.5 Å². The smallest absolute Gasteiger partial charge is 0.416 e. The van der Waals surface area contributed by atoms with Crippen LogP contribution in [0, 0.1) is 5.92 Å². The zero-order valence-corrected chi connectivity index (χ0v) is 27.9. The predicted octanol–water partition coefficient (Wildman–Crippen LogP) is 6.45. The van der Waals surface area contributed by atoms with Crippen LogP contribution < -0.4 is 10.6 Å². The Morgan fingerprint density at radius 1 is 0.913 bits per heavy atom. The largest absolute Gasteiger partial charge is 0.480 e. The van der Waals surface area contributed by atoms with Gasteiger partial charge in [-0.2, -0.15) is 24.9 Å². The molecule has 0 heterocycles. The maximum atomic E-state index is 13.0. The van der Waals surface area contributed by atoms with E-state index in [-0.39, 0.29) is 36.1 Å². The Balaban J connectivity index is 1.57. The van der Waals surface area contributed by atoms with Crippen molar-refractivity contribution in [2.45, 2.75) is 57.2 Å². The fourth-order valence-corrected chi connectivity index (χ4v) is 6.22. The van der Waals surface area contributed by atoms with Crippen LogP contribution in [0.3, 0.4) is 0 Å². The molecule has 250 valence electrons. The van der Waals surface area contributed by atoms with Gasteiger partial charge in [-0.25, -0.2) is 4.79 Å². The number of nitrogens with one attached hydrogen (secondary N) is 2. The molecule has 0 aromatic heterocycles. The second kappa shape index (κ2) is 18.2. The molecule has 3 aromatic rings. The van der Waals surface area contributed by atoms with Gasteiger partial charge in [0.1, 0.15) is 6.04 Å². The number of amides is 2. The highest BCUT2D eigenvalue weighted by atomic mass is 32.2. The number of halogens is 3. The summed E-state index contributed by atoms with van der Waals surface area (Å²) >= 11 is 2.85. The van der Waals surface area contributed by atoms with Crippen LogP contribution in [0.15, 0.2) is 66.7 Å². The zero-order valence-electron chi connectivity index (χ0n) is 26.3. The Labute approximate surface area is 277 Å². The highest BCUT2D eigenvalue weighted by molar-refractivity contribution is 7.99. The summed E-state index contributed by atoms with van der Waals surface area (Å²) in [6.07, 6.45) is -1.48. The van der Waals surface area contributed by atoms with Crippen molar-refractivity contribution in [3.8, 4) is 0 Å². The number of alkyl halides is 3. The lowest BCUT2D eigenvalue weighted by Crippen LogP contribution is -2.46. The predicted molar refractivity (Wildman–Crippen MR) is 181 cm³/mol. The number of benzene rings is 3. The summed E-state index contributed by atoms with van der Waals surface area (Å²) in [7, 11) is 0. The Bertz CT molecular complexity index is 1430. The SMILES string of the molecule is CSCC[C@H](NC(=O)CN(CC[C@H](C)[C@H](C)NC(=O)CSCc1ccc(C(F)(F)F)cc1)Cc1cccc2ccccc12)C(=O)O. The second-order valence-corrected chi connectivity index (χ2v) is 13.4. The van der Waals surface area contributed by atoms with Crippen molar-refractivity contribution in [2.75, 3.05) is 30.9 Å². The fourth-order valence-electron chi connectivity index (χ4n) is 4.95. The molecule has 2 amide bonds. The van der Waals surface area contributed by atoms with Gasteiger partial charge in [0.2, 0.25) is 11.8 Å². The second-order valence-electron chi connectivity index (χ2n) is 11.4. The molecule has 0 saturated carbocycles. The standard InChI is InChI=1S/C34H42F3N3O4S2/c1-23(24(2)38-32(42)22-46-21-25-11-13-28(14-12-25)34(35,36)37)15-17-40(20-31(41)39-30(33(43)44)16-18-45-3)19-27-9-6-8-26-7-4-5-10-29(26)27/h4-14,23-24,30H,15-22H2,1-3H3,(H,38,42)(H,39,41)(H,43,44)/t23-,24-,30-/m0/s1. The van der Waals surface area contributed by atoms with Gasteiger partial charge in [0.25, 0.3) is 0 Å². The number of carbonyl (C=O) groups excluding carboxylic acids is 2. The van der Waals surface area contributed by atoms with Crippen LogP contribution in [0.5, 0.6) is 0 Å². The van der Waals surface area contributed by atoms with Crippen LogP contribution in [0.2, 0.25) is 0 Å². The van der Waals surface area contributed by atoms with Crippen molar-refractivity contribution in [3.05, 3.63) is 83.4 Å². The quantitative estimate of drug-likeness (QED) is 0.142. The zero-order chi connectivity index (χ0) is 33.7. The van der Waals surface area contributed by atoms with Crippen molar-refractivity contribution in [3.63, 3.8) is 0 Å². The number of hydrogen-bond acceptors (Lipinski definition) is 6. The fraction of sp³-hybridized carbons (Fsp3) is 0.441. The van der Waals surface area contributed by atoms with Crippen molar-refractivity contribution in [1.29, 1.82) is 0 Å². The number of fused-ring (bicyclic) bond motifs is 1. The Morgan fingerprint density at radius 2 is 1.61 bits per heavy atom. The third-order valence-corrected chi connectivity index (χ3v) is 9.46. The minimum Gasteiger partial charge on any atom is -0.480 e. The summed E-state index contributed by atoms with van der Waals surface area (Å²) in [6, 6.07) is 17.9. The number of thioether (sulfide) groups is 2. The molecule has 3 atom stereocenters. The first-order valence-corrected chi connectivity index (χ1v) is 17.7. The van der Waals surface area contributed by atoms with Crippen LogP contribution in [0.1, 0.15) is 43.4 Å². The molecule has 3 rings (SSSR count). The van der Waals surface area contributed by atoms with E-state index in [9.17, 15) is 32.7 Å². The summed E-state index contributed by atoms with van der Waals surface area (Å²) in [4.78, 5) is 39.4. The molecule has 46 heavy (non-hydrogen) atoms. The average Bonchev–Trinajstić information content (AvgIpc) is 3.01. The van der Waals surface area contributed by atoms with E-state index in [2.05, 4.69) is 10.6 Å². The van der Waals surface area contributed by atoms with E-state index < -0.39 is 23.8 Å². The maximum Gasteiger partial charge on any atom is 0.416 e. The van der Waals surface area contributed by atoms with Gasteiger partial charge in [-0.1, -0.05) is 61.5 Å². The monoisotopic (exact) mass is 677 g/mol. The van der Waals surface area contributed by atoms with Gasteiger partial charge in [-0.05, 0) is 78.3 Å². The van der Waals surface area contributed by atoms with Crippen LogP contribution in [0.25, 0.3) is 10.8 Å². The Morgan fingerprint density at radius 3 is 2.28 bits per heavy atom. The summed E-state index contributed by atoms with van der Waals surface area (Å²) in [6.45, 7) is 5.02. The number of carbonyl (C=O) groups is 3. The molecule has 0 aliphatic rings. The Hall–Kier alpha value is -3.22.